The van der Waals surface area contributed by atoms with Gasteiger partial charge in [-0.2, -0.15) is 31.3 Å². The predicted molar refractivity (Wildman–Crippen MR) is 43.6 cm³/mol. The molecule has 0 saturated heterocycles. The van der Waals surface area contributed by atoms with Gasteiger partial charge in [-0.15, -0.1) is 0 Å². The van der Waals surface area contributed by atoms with Crippen LogP contribution in [0.3, 0.4) is 0 Å². The zero-order valence-corrected chi connectivity index (χ0v) is 8.64. The first-order chi connectivity index (χ1) is 7.10. The van der Waals surface area contributed by atoms with E-state index in [1.54, 1.807) is 0 Å². The molecule has 0 spiro atoms. The monoisotopic (exact) mass is 285 g/mol. The van der Waals surface area contributed by atoms with E-state index >= 15 is 0 Å². The minimum Gasteiger partial charge on any atom is -0.447 e. The van der Waals surface area contributed by atoms with Crippen LogP contribution in [0.1, 0.15) is 0 Å². The molecule has 0 atom stereocenters. The highest BCUT2D eigenvalue weighted by Crippen LogP contribution is 2.37. The van der Waals surface area contributed by atoms with Gasteiger partial charge in [0.15, 0.2) is 0 Å². The van der Waals surface area contributed by atoms with Crippen molar-refractivity contribution in [2.75, 3.05) is 0 Å². The highest BCUT2D eigenvalue weighted by atomic mass is 35.5. The fourth-order valence-electron chi connectivity index (χ4n) is 0.713. The quantitative estimate of drug-likeness (QED) is 0.774. The number of ether oxygens (including phenoxy) is 1. The number of aromatic nitrogens is 1. The van der Waals surface area contributed by atoms with Gasteiger partial charge >= 0.3 is 12.4 Å². The van der Waals surface area contributed by atoms with Gasteiger partial charge in [0.05, 0.1) is 0 Å². The Morgan fingerprint density at radius 2 is 1.69 bits per heavy atom. The largest absolute Gasteiger partial charge is 0.447 e. The average Bonchev–Trinajstić information content (AvgIpc) is 2.43. The van der Waals surface area contributed by atoms with Crippen molar-refractivity contribution in [3.63, 3.8) is 0 Å². The molecular weight excluding hydrogens is 284 g/mol. The summed E-state index contributed by atoms with van der Waals surface area (Å²) in [5, 5.41) is 0.0356. The first-order valence-electron chi connectivity index (χ1n) is 3.52. The van der Waals surface area contributed by atoms with E-state index in [9.17, 15) is 26.3 Å². The summed E-state index contributed by atoms with van der Waals surface area (Å²) in [6.07, 6.45) is -15.0. The maximum absolute atomic E-state index is 12.0. The maximum Gasteiger partial charge on any atom is 0.434 e. The molecule has 0 amide bonds. The number of nitrogens with zero attached hydrogens (tertiary/aromatic N) is 1. The summed E-state index contributed by atoms with van der Waals surface area (Å²) in [6, 6.07) is 0. The molecule has 1 aromatic heterocycles. The Morgan fingerprint density at radius 3 is 2.00 bits per heavy atom. The zero-order valence-electron chi connectivity index (χ0n) is 7.06. The molecule has 0 fully saturated rings. The topological polar surface area (TPSA) is 22.1 Å². The van der Waals surface area contributed by atoms with E-state index in [2.05, 4.69) is 9.72 Å². The van der Waals surface area contributed by atoms with E-state index in [-0.39, 0.29) is 5.15 Å². The van der Waals surface area contributed by atoms with E-state index in [0.29, 0.717) is 11.3 Å². The van der Waals surface area contributed by atoms with Gasteiger partial charge in [-0.05, 0) is 0 Å². The van der Waals surface area contributed by atoms with Crippen LogP contribution in [-0.2, 0) is 0 Å². The van der Waals surface area contributed by atoms with Crippen LogP contribution in [0.4, 0.5) is 26.3 Å². The predicted octanol–water partition coefficient (Wildman–Crippen LogP) is 3.67. The van der Waals surface area contributed by atoms with Crippen LogP contribution in [0.15, 0.2) is 5.38 Å². The second-order valence-electron chi connectivity index (χ2n) is 2.52. The van der Waals surface area contributed by atoms with Crippen LogP contribution in [0.2, 0.25) is 5.15 Å². The van der Waals surface area contributed by atoms with Crippen molar-refractivity contribution in [1.29, 1.82) is 0 Å². The lowest BCUT2D eigenvalue weighted by Gasteiger charge is -2.22. The number of hydrogen-bond donors (Lipinski definition) is 0. The Kier molecular flexibility index (Phi) is 3.58. The molecule has 16 heavy (non-hydrogen) atoms. The van der Waals surface area contributed by atoms with E-state index in [0.717, 1.165) is 5.38 Å². The van der Waals surface area contributed by atoms with Crippen LogP contribution in [0.25, 0.3) is 0 Å². The summed E-state index contributed by atoms with van der Waals surface area (Å²) >= 11 is 5.67. The summed E-state index contributed by atoms with van der Waals surface area (Å²) in [6.45, 7) is 0. The SMILES string of the molecule is FC(F)(F)C(Oc1nc(Cl)cs1)C(F)(F)F. The second-order valence-corrected chi connectivity index (χ2v) is 3.73. The second kappa shape index (κ2) is 4.28. The lowest BCUT2D eigenvalue weighted by molar-refractivity contribution is -0.299. The van der Waals surface area contributed by atoms with Crippen molar-refractivity contribution >= 4 is 22.9 Å². The van der Waals surface area contributed by atoms with Crippen LogP contribution in [-0.4, -0.2) is 23.4 Å². The third-order valence-corrected chi connectivity index (χ3v) is 2.32. The fraction of sp³-hybridized carbons (Fsp3) is 0.500. The fourth-order valence-corrected chi connectivity index (χ4v) is 1.53. The normalized spacial score (nSPS) is 13.2. The molecule has 0 saturated carbocycles. The standard InChI is InChI=1S/C6H2ClF6NOS/c7-2-1-16-4(14-2)15-3(5(8,9)10)6(11,12)13/h1,3H. The Balaban J connectivity index is 2.88. The van der Waals surface area contributed by atoms with Gasteiger partial charge in [-0.25, -0.2) is 0 Å². The van der Waals surface area contributed by atoms with Crippen LogP contribution >= 0.6 is 22.9 Å². The van der Waals surface area contributed by atoms with E-state index < -0.39 is 23.7 Å². The van der Waals surface area contributed by atoms with E-state index in [4.69, 9.17) is 11.6 Å². The molecule has 92 valence electrons. The lowest BCUT2D eigenvalue weighted by atomic mass is 10.3. The van der Waals surface area contributed by atoms with Gasteiger partial charge < -0.3 is 4.74 Å². The van der Waals surface area contributed by atoms with Gasteiger partial charge in [0.2, 0.25) is 0 Å². The molecular formula is C6H2ClF6NOS. The molecule has 0 radical (unpaired) electrons. The third-order valence-electron chi connectivity index (χ3n) is 1.27. The molecule has 10 heteroatoms. The minimum absolute atomic E-state index is 0.233. The highest BCUT2D eigenvalue weighted by Gasteiger charge is 2.59. The maximum atomic E-state index is 12.0. The van der Waals surface area contributed by atoms with Gasteiger partial charge in [0.1, 0.15) is 5.15 Å². The van der Waals surface area contributed by atoms with Crippen molar-refractivity contribution in [2.24, 2.45) is 0 Å². The molecule has 0 unspecified atom stereocenters. The van der Waals surface area contributed by atoms with Gasteiger partial charge in [-0.3, -0.25) is 0 Å². The Hall–Kier alpha value is -0.700. The highest BCUT2D eigenvalue weighted by molar-refractivity contribution is 7.11. The molecule has 0 aliphatic heterocycles. The first-order valence-corrected chi connectivity index (χ1v) is 4.77. The number of thiazole rings is 1. The summed E-state index contributed by atoms with van der Waals surface area (Å²) in [5.74, 6) is 0. The average molecular weight is 286 g/mol. The van der Waals surface area contributed by atoms with Crippen LogP contribution in [0, 0.1) is 0 Å². The van der Waals surface area contributed by atoms with Crippen LogP contribution in [0.5, 0.6) is 5.19 Å². The van der Waals surface area contributed by atoms with Crippen molar-refractivity contribution < 1.29 is 31.1 Å². The molecule has 1 rings (SSSR count). The molecule has 0 N–H and O–H groups in total. The van der Waals surface area contributed by atoms with Crippen molar-refractivity contribution in [1.82, 2.24) is 4.98 Å². The van der Waals surface area contributed by atoms with Crippen LogP contribution < -0.4 is 4.74 Å². The van der Waals surface area contributed by atoms with E-state index in [1.165, 1.54) is 0 Å². The first kappa shape index (κ1) is 13.4. The Bertz CT molecular complexity index is 347. The summed E-state index contributed by atoms with van der Waals surface area (Å²) in [5.41, 5.74) is 0. The smallest absolute Gasteiger partial charge is 0.434 e. The van der Waals surface area contributed by atoms with Gasteiger partial charge in [0, 0.05) is 5.38 Å². The molecule has 2 nitrogen and oxygen atoms in total. The molecule has 0 aromatic carbocycles. The Morgan fingerprint density at radius 1 is 1.19 bits per heavy atom. The Labute approximate surface area is 93.8 Å². The number of halogens is 7. The summed E-state index contributed by atoms with van der Waals surface area (Å²) in [4.78, 5) is 3.14. The number of hydrogen-bond acceptors (Lipinski definition) is 3. The molecule has 0 bridgehead atoms. The molecule has 1 aromatic rings. The lowest BCUT2D eigenvalue weighted by Crippen LogP contribution is -2.46. The number of rotatable bonds is 2. The molecule has 0 aliphatic rings. The summed E-state index contributed by atoms with van der Waals surface area (Å²) < 4.78 is 75.8. The summed E-state index contributed by atoms with van der Waals surface area (Å²) in [7, 11) is 0. The molecule has 0 aliphatic carbocycles. The van der Waals surface area contributed by atoms with Gasteiger partial charge in [-0.1, -0.05) is 22.9 Å². The van der Waals surface area contributed by atoms with Crippen molar-refractivity contribution in [3.05, 3.63) is 10.5 Å². The number of alkyl halides is 6. The van der Waals surface area contributed by atoms with Gasteiger partial charge in [0.25, 0.3) is 11.3 Å². The minimum atomic E-state index is -5.56. The van der Waals surface area contributed by atoms with E-state index in [1.807, 2.05) is 0 Å². The molecule has 1 heterocycles. The zero-order chi connectivity index (χ0) is 12.6. The van der Waals surface area contributed by atoms with Crippen molar-refractivity contribution in [2.45, 2.75) is 18.5 Å². The van der Waals surface area contributed by atoms with Crippen molar-refractivity contribution in [3.8, 4) is 5.19 Å². The third kappa shape index (κ3) is 3.41.